The molecule has 0 aliphatic carbocycles. The summed E-state index contributed by atoms with van der Waals surface area (Å²) in [6.45, 7) is 4.47. The van der Waals surface area contributed by atoms with Crippen molar-refractivity contribution in [3.05, 3.63) is 42.5 Å². The lowest BCUT2D eigenvalue weighted by Gasteiger charge is -2.14. The molecule has 0 saturated carbocycles. The Morgan fingerprint density at radius 3 is 2.68 bits per heavy atom. The minimum atomic E-state index is -0.479. The lowest BCUT2D eigenvalue weighted by Crippen LogP contribution is -2.36. The molecule has 3 heteroatoms. The molecule has 100 valence electrons. The Morgan fingerprint density at radius 1 is 1.21 bits per heavy atom. The van der Waals surface area contributed by atoms with E-state index in [0.717, 1.165) is 22.9 Å². The summed E-state index contributed by atoms with van der Waals surface area (Å²) in [7, 11) is 0. The Labute approximate surface area is 113 Å². The molecular formula is C16H19NO2. The molecule has 0 bridgehead atoms. The number of nitrogens with one attached hydrogen (secondary N) is 1. The molecule has 2 aromatic rings. The molecule has 0 heterocycles. The van der Waals surface area contributed by atoms with E-state index in [2.05, 4.69) is 11.4 Å². The second kappa shape index (κ2) is 6.23. The Bertz CT molecular complexity index is 565. The zero-order valence-electron chi connectivity index (χ0n) is 11.3. The smallest absolute Gasteiger partial charge is 0.260 e. The van der Waals surface area contributed by atoms with E-state index < -0.39 is 6.10 Å². The minimum Gasteiger partial charge on any atom is -0.481 e. The van der Waals surface area contributed by atoms with Crippen LogP contribution >= 0.6 is 0 Å². The first-order valence-corrected chi connectivity index (χ1v) is 6.64. The van der Waals surface area contributed by atoms with E-state index in [1.54, 1.807) is 6.92 Å². The zero-order chi connectivity index (χ0) is 13.7. The monoisotopic (exact) mass is 257 g/mol. The summed E-state index contributed by atoms with van der Waals surface area (Å²) in [5.41, 5.74) is 0. The fourth-order valence-corrected chi connectivity index (χ4v) is 1.89. The molecule has 19 heavy (non-hydrogen) atoms. The number of ether oxygens (including phenoxy) is 1. The van der Waals surface area contributed by atoms with Crippen molar-refractivity contribution in [2.75, 3.05) is 6.54 Å². The first-order chi connectivity index (χ1) is 9.20. The SMILES string of the molecule is CCCNC(=O)C(C)Oc1ccc2ccccc2c1. The van der Waals surface area contributed by atoms with Crippen LogP contribution in [0.15, 0.2) is 42.5 Å². The van der Waals surface area contributed by atoms with Gasteiger partial charge in [0.2, 0.25) is 0 Å². The van der Waals surface area contributed by atoms with Crippen molar-refractivity contribution in [3.63, 3.8) is 0 Å². The maximum Gasteiger partial charge on any atom is 0.260 e. The molecule has 0 spiro atoms. The van der Waals surface area contributed by atoms with Crippen molar-refractivity contribution >= 4 is 16.7 Å². The molecule has 0 fully saturated rings. The Hall–Kier alpha value is -2.03. The number of rotatable bonds is 5. The van der Waals surface area contributed by atoms with E-state index >= 15 is 0 Å². The van der Waals surface area contributed by atoms with E-state index in [9.17, 15) is 4.79 Å². The van der Waals surface area contributed by atoms with Gasteiger partial charge < -0.3 is 10.1 Å². The van der Waals surface area contributed by atoms with Crippen LogP contribution in [-0.2, 0) is 4.79 Å². The van der Waals surface area contributed by atoms with Crippen LogP contribution in [0.3, 0.4) is 0 Å². The standard InChI is InChI=1S/C16H19NO2/c1-3-10-17-16(18)12(2)19-15-9-8-13-6-4-5-7-14(13)11-15/h4-9,11-12H,3,10H2,1-2H3,(H,17,18). The number of hydrogen-bond donors (Lipinski definition) is 1. The lowest BCUT2D eigenvalue weighted by molar-refractivity contribution is -0.127. The highest BCUT2D eigenvalue weighted by molar-refractivity contribution is 5.84. The summed E-state index contributed by atoms with van der Waals surface area (Å²) < 4.78 is 5.67. The van der Waals surface area contributed by atoms with E-state index in [0.29, 0.717) is 6.54 Å². The number of carbonyl (C=O) groups excluding carboxylic acids is 1. The van der Waals surface area contributed by atoms with Crippen molar-refractivity contribution in [2.45, 2.75) is 26.4 Å². The van der Waals surface area contributed by atoms with Crippen LogP contribution in [0.25, 0.3) is 10.8 Å². The molecular weight excluding hydrogens is 238 g/mol. The molecule has 0 aliphatic rings. The number of carbonyl (C=O) groups is 1. The fraction of sp³-hybridized carbons (Fsp3) is 0.312. The van der Waals surface area contributed by atoms with Gasteiger partial charge in [-0.25, -0.2) is 0 Å². The molecule has 2 aromatic carbocycles. The van der Waals surface area contributed by atoms with Gasteiger partial charge in [0.25, 0.3) is 5.91 Å². The quantitative estimate of drug-likeness (QED) is 0.893. The molecule has 0 radical (unpaired) electrons. The Morgan fingerprint density at radius 2 is 1.95 bits per heavy atom. The van der Waals surface area contributed by atoms with Crippen LogP contribution in [0, 0.1) is 0 Å². The topological polar surface area (TPSA) is 38.3 Å². The molecule has 1 atom stereocenters. The van der Waals surface area contributed by atoms with Crippen LogP contribution in [-0.4, -0.2) is 18.6 Å². The molecule has 2 rings (SSSR count). The Balaban J connectivity index is 2.06. The number of hydrogen-bond acceptors (Lipinski definition) is 2. The second-order valence-corrected chi connectivity index (χ2v) is 4.56. The van der Waals surface area contributed by atoms with Crippen LogP contribution in [0.5, 0.6) is 5.75 Å². The maximum atomic E-state index is 11.7. The molecule has 0 aliphatic heterocycles. The molecule has 3 nitrogen and oxygen atoms in total. The number of amides is 1. The fourth-order valence-electron chi connectivity index (χ4n) is 1.89. The summed E-state index contributed by atoms with van der Waals surface area (Å²) >= 11 is 0. The maximum absolute atomic E-state index is 11.7. The van der Waals surface area contributed by atoms with Gasteiger partial charge in [0.15, 0.2) is 6.10 Å². The number of benzene rings is 2. The van der Waals surface area contributed by atoms with Gasteiger partial charge in [0.05, 0.1) is 0 Å². The van der Waals surface area contributed by atoms with Crippen LogP contribution in [0.2, 0.25) is 0 Å². The van der Waals surface area contributed by atoms with Gasteiger partial charge >= 0.3 is 0 Å². The summed E-state index contributed by atoms with van der Waals surface area (Å²) in [5, 5.41) is 5.10. The van der Waals surface area contributed by atoms with Gasteiger partial charge in [-0.3, -0.25) is 4.79 Å². The predicted molar refractivity (Wildman–Crippen MR) is 77.3 cm³/mol. The lowest BCUT2D eigenvalue weighted by atomic mass is 10.1. The largest absolute Gasteiger partial charge is 0.481 e. The first-order valence-electron chi connectivity index (χ1n) is 6.64. The zero-order valence-corrected chi connectivity index (χ0v) is 11.3. The van der Waals surface area contributed by atoms with Gasteiger partial charge in [-0.2, -0.15) is 0 Å². The van der Waals surface area contributed by atoms with Gasteiger partial charge in [-0.15, -0.1) is 0 Å². The third-order valence-electron chi connectivity index (χ3n) is 2.95. The van der Waals surface area contributed by atoms with E-state index in [1.165, 1.54) is 0 Å². The van der Waals surface area contributed by atoms with Crippen molar-refractivity contribution in [2.24, 2.45) is 0 Å². The highest BCUT2D eigenvalue weighted by atomic mass is 16.5. The summed E-state index contributed by atoms with van der Waals surface area (Å²) in [6, 6.07) is 13.9. The summed E-state index contributed by atoms with van der Waals surface area (Å²) in [6.07, 6.45) is 0.446. The van der Waals surface area contributed by atoms with Gasteiger partial charge in [0.1, 0.15) is 5.75 Å². The van der Waals surface area contributed by atoms with Crippen molar-refractivity contribution in [1.82, 2.24) is 5.32 Å². The third-order valence-corrected chi connectivity index (χ3v) is 2.95. The molecule has 0 saturated heterocycles. The van der Waals surface area contributed by atoms with E-state index in [-0.39, 0.29) is 5.91 Å². The number of fused-ring (bicyclic) bond motifs is 1. The van der Waals surface area contributed by atoms with Crippen molar-refractivity contribution in [3.8, 4) is 5.75 Å². The minimum absolute atomic E-state index is 0.0741. The predicted octanol–water partition coefficient (Wildman–Crippen LogP) is 3.13. The molecule has 1 N–H and O–H groups in total. The highest BCUT2D eigenvalue weighted by Gasteiger charge is 2.13. The molecule has 0 aromatic heterocycles. The van der Waals surface area contributed by atoms with Gasteiger partial charge in [-0.05, 0) is 36.2 Å². The molecule has 1 unspecified atom stereocenters. The van der Waals surface area contributed by atoms with Gasteiger partial charge in [-0.1, -0.05) is 37.3 Å². The average Bonchev–Trinajstić information content (AvgIpc) is 2.44. The first kappa shape index (κ1) is 13.4. The molecule has 1 amide bonds. The van der Waals surface area contributed by atoms with E-state index in [4.69, 9.17) is 4.74 Å². The summed E-state index contributed by atoms with van der Waals surface area (Å²) in [4.78, 5) is 11.7. The normalized spacial score (nSPS) is 12.1. The Kier molecular flexibility index (Phi) is 4.39. The highest BCUT2D eigenvalue weighted by Crippen LogP contribution is 2.21. The van der Waals surface area contributed by atoms with Crippen LogP contribution < -0.4 is 10.1 Å². The van der Waals surface area contributed by atoms with Gasteiger partial charge in [0, 0.05) is 6.54 Å². The van der Waals surface area contributed by atoms with Crippen molar-refractivity contribution < 1.29 is 9.53 Å². The average molecular weight is 257 g/mol. The van der Waals surface area contributed by atoms with Crippen LogP contribution in [0.4, 0.5) is 0 Å². The third kappa shape index (κ3) is 3.47. The van der Waals surface area contributed by atoms with Crippen molar-refractivity contribution in [1.29, 1.82) is 0 Å². The second-order valence-electron chi connectivity index (χ2n) is 4.56. The summed E-state index contributed by atoms with van der Waals surface area (Å²) in [5.74, 6) is 0.646. The van der Waals surface area contributed by atoms with Crippen LogP contribution in [0.1, 0.15) is 20.3 Å². The van der Waals surface area contributed by atoms with E-state index in [1.807, 2.05) is 43.3 Å².